The van der Waals surface area contributed by atoms with Gasteiger partial charge in [0, 0.05) is 23.4 Å². The van der Waals surface area contributed by atoms with Crippen LogP contribution < -0.4 is 4.90 Å². The number of aliphatic hydroxyl groups is 1. The Labute approximate surface area is 158 Å². The molecule has 0 spiro atoms. The lowest BCUT2D eigenvalue weighted by molar-refractivity contribution is 0.543. The van der Waals surface area contributed by atoms with Gasteiger partial charge in [0.05, 0.1) is 5.92 Å². The maximum Gasteiger partial charge on any atom is 0.168 e. The van der Waals surface area contributed by atoms with E-state index in [9.17, 15) is 5.11 Å². The van der Waals surface area contributed by atoms with Crippen LogP contribution >= 0.6 is 23.8 Å². The van der Waals surface area contributed by atoms with Gasteiger partial charge in [0.15, 0.2) is 5.05 Å². The number of nitrogens with zero attached hydrogens (tertiary/aromatic N) is 1. The van der Waals surface area contributed by atoms with Crippen molar-refractivity contribution < 1.29 is 5.11 Å². The Morgan fingerprint density at radius 1 is 0.840 bits per heavy atom. The van der Waals surface area contributed by atoms with Gasteiger partial charge in [0.25, 0.3) is 0 Å². The summed E-state index contributed by atoms with van der Waals surface area (Å²) in [7, 11) is 2.04. The normalized spacial score (nSPS) is 12.5. The molecule has 3 aromatic carbocycles. The Morgan fingerprint density at radius 3 is 1.68 bits per heavy atom. The number of fused-ring (bicyclic) bond motifs is 2. The maximum atomic E-state index is 9.87. The third-order valence-corrected chi connectivity index (χ3v) is 4.69. The number of hydrogen-bond acceptors (Lipinski definition) is 2. The fourth-order valence-electron chi connectivity index (χ4n) is 3.05. The SMILES string of the molecule is CN1c2ccccc2C(C(O)=S)c2ccccc21.Clc1ccccc1. The van der Waals surface area contributed by atoms with Crippen molar-refractivity contribution in [3.05, 3.63) is 95.0 Å². The summed E-state index contributed by atoms with van der Waals surface area (Å²) in [6, 6.07) is 25.6. The van der Waals surface area contributed by atoms with Gasteiger partial charge in [0.2, 0.25) is 0 Å². The molecule has 1 aliphatic rings. The second-order valence-electron chi connectivity index (χ2n) is 5.74. The maximum absolute atomic E-state index is 9.87. The smallest absolute Gasteiger partial charge is 0.168 e. The predicted octanol–water partition coefficient (Wildman–Crippen LogP) is 6.13. The van der Waals surface area contributed by atoms with Gasteiger partial charge in [-0.3, -0.25) is 0 Å². The summed E-state index contributed by atoms with van der Waals surface area (Å²) in [4.78, 5) is 2.14. The lowest BCUT2D eigenvalue weighted by Gasteiger charge is -2.34. The monoisotopic (exact) mass is 367 g/mol. The van der Waals surface area contributed by atoms with Crippen molar-refractivity contribution in [3.63, 3.8) is 0 Å². The zero-order valence-corrected chi connectivity index (χ0v) is 15.3. The molecule has 25 heavy (non-hydrogen) atoms. The van der Waals surface area contributed by atoms with Gasteiger partial charge in [-0.1, -0.05) is 66.2 Å². The first-order valence-corrected chi connectivity index (χ1v) is 8.73. The number of para-hydroxylation sites is 2. The van der Waals surface area contributed by atoms with E-state index in [2.05, 4.69) is 17.0 Å². The number of thiocarbonyl (C=S) groups is 1. The van der Waals surface area contributed by atoms with Crippen LogP contribution in [0.1, 0.15) is 17.0 Å². The predicted molar refractivity (Wildman–Crippen MR) is 109 cm³/mol. The van der Waals surface area contributed by atoms with E-state index in [-0.39, 0.29) is 11.0 Å². The molecule has 0 saturated heterocycles. The molecular weight excluding hydrogens is 350 g/mol. The average molecular weight is 368 g/mol. The van der Waals surface area contributed by atoms with Crippen LogP contribution in [0.4, 0.5) is 11.4 Å². The Balaban J connectivity index is 0.000000219. The van der Waals surface area contributed by atoms with Crippen molar-refractivity contribution in [1.29, 1.82) is 0 Å². The highest BCUT2D eigenvalue weighted by Crippen LogP contribution is 2.44. The molecule has 0 radical (unpaired) electrons. The zero-order valence-electron chi connectivity index (χ0n) is 13.8. The van der Waals surface area contributed by atoms with E-state index in [1.165, 1.54) is 0 Å². The summed E-state index contributed by atoms with van der Waals surface area (Å²) in [6.45, 7) is 0. The van der Waals surface area contributed by atoms with Crippen LogP contribution in [0.3, 0.4) is 0 Å². The molecule has 0 unspecified atom stereocenters. The first kappa shape index (κ1) is 17.5. The summed E-state index contributed by atoms with van der Waals surface area (Å²) in [5, 5.41) is 10.7. The average Bonchev–Trinajstić information content (AvgIpc) is 2.63. The van der Waals surface area contributed by atoms with Gasteiger partial charge in [0.1, 0.15) is 0 Å². The van der Waals surface area contributed by atoms with Crippen LogP contribution in [-0.4, -0.2) is 17.2 Å². The molecule has 0 bridgehead atoms. The number of aliphatic hydroxyl groups excluding tert-OH is 1. The van der Waals surface area contributed by atoms with Crippen LogP contribution in [-0.2, 0) is 0 Å². The Kier molecular flexibility index (Phi) is 5.37. The van der Waals surface area contributed by atoms with Crippen LogP contribution in [0.2, 0.25) is 5.02 Å². The highest BCUT2D eigenvalue weighted by Gasteiger charge is 2.30. The van der Waals surface area contributed by atoms with E-state index in [1.807, 2.05) is 73.8 Å². The Morgan fingerprint density at radius 2 is 1.28 bits per heavy atom. The second-order valence-corrected chi connectivity index (χ2v) is 6.60. The highest BCUT2D eigenvalue weighted by molar-refractivity contribution is 7.80. The lowest BCUT2D eigenvalue weighted by Crippen LogP contribution is -2.25. The minimum atomic E-state index is -0.205. The van der Waals surface area contributed by atoms with E-state index < -0.39 is 0 Å². The van der Waals surface area contributed by atoms with Crippen molar-refractivity contribution in [1.82, 2.24) is 0 Å². The number of halogens is 1. The van der Waals surface area contributed by atoms with Crippen molar-refractivity contribution in [2.45, 2.75) is 5.92 Å². The van der Waals surface area contributed by atoms with Crippen molar-refractivity contribution in [2.24, 2.45) is 0 Å². The van der Waals surface area contributed by atoms with E-state index in [4.69, 9.17) is 23.8 Å². The topological polar surface area (TPSA) is 23.5 Å². The van der Waals surface area contributed by atoms with E-state index in [0.29, 0.717) is 0 Å². The molecule has 3 aromatic rings. The molecule has 0 aliphatic carbocycles. The lowest BCUT2D eigenvalue weighted by atomic mass is 9.85. The molecule has 0 fully saturated rings. The molecule has 0 atom stereocenters. The molecule has 1 heterocycles. The number of hydrogen-bond donors (Lipinski definition) is 1. The number of anilines is 2. The molecule has 0 amide bonds. The summed E-state index contributed by atoms with van der Waals surface area (Å²) in [6.07, 6.45) is 0. The summed E-state index contributed by atoms with van der Waals surface area (Å²) in [5.74, 6) is -0.205. The van der Waals surface area contributed by atoms with Crippen molar-refractivity contribution in [3.8, 4) is 0 Å². The molecule has 1 aliphatic heterocycles. The van der Waals surface area contributed by atoms with E-state index in [0.717, 1.165) is 27.5 Å². The van der Waals surface area contributed by atoms with Crippen LogP contribution in [0.15, 0.2) is 78.9 Å². The van der Waals surface area contributed by atoms with Gasteiger partial charge in [-0.05, 0) is 47.6 Å². The van der Waals surface area contributed by atoms with Crippen LogP contribution in [0, 0.1) is 0 Å². The third-order valence-electron chi connectivity index (χ3n) is 4.20. The van der Waals surface area contributed by atoms with E-state index in [1.54, 1.807) is 0 Å². The van der Waals surface area contributed by atoms with Crippen LogP contribution in [0.5, 0.6) is 0 Å². The summed E-state index contributed by atoms with van der Waals surface area (Å²) in [5.41, 5.74) is 4.31. The molecule has 0 aromatic heterocycles. The fourth-order valence-corrected chi connectivity index (χ4v) is 3.45. The zero-order chi connectivity index (χ0) is 17.8. The second kappa shape index (κ2) is 7.68. The standard InChI is InChI=1S/C15H13NOS.C6H5Cl/c1-16-12-8-4-2-6-10(12)14(15(17)18)11-7-3-5-9-13(11)16;7-6-4-2-1-3-5-6/h2-9,14H,1H3,(H,17,18);1-5H. The van der Waals surface area contributed by atoms with E-state index >= 15 is 0 Å². The summed E-state index contributed by atoms with van der Waals surface area (Å²) >= 11 is 10.6. The minimum Gasteiger partial charge on any atom is -0.501 e. The third kappa shape index (κ3) is 3.68. The van der Waals surface area contributed by atoms with Gasteiger partial charge in [-0.25, -0.2) is 0 Å². The van der Waals surface area contributed by atoms with Crippen molar-refractivity contribution in [2.75, 3.05) is 11.9 Å². The molecule has 2 nitrogen and oxygen atoms in total. The fraction of sp³-hybridized carbons (Fsp3) is 0.0952. The highest BCUT2D eigenvalue weighted by atomic mass is 35.5. The molecule has 4 rings (SSSR count). The number of rotatable bonds is 1. The van der Waals surface area contributed by atoms with Gasteiger partial charge >= 0.3 is 0 Å². The van der Waals surface area contributed by atoms with Gasteiger partial charge in [-0.2, -0.15) is 0 Å². The van der Waals surface area contributed by atoms with Crippen LogP contribution in [0.25, 0.3) is 0 Å². The Hall–Kier alpha value is -2.36. The quantitative estimate of drug-likeness (QED) is 0.523. The molecular formula is C21H18ClNOS. The molecule has 0 saturated carbocycles. The molecule has 1 N–H and O–H groups in total. The Bertz CT molecular complexity index is 834. The molecule has 4 heteroatoms. The first-order valence-electron chi connectivity index (χ1n) is 7.94. The number of benzene rings is 3. The molecule has 126 valence electrons. The minimum absolute atomic E-state index is 0.0306. The van der Waals surface area contributed by atoms with Gasteiger partial charge < -0.3 is 10.0 Å². The van der Waals surface area contributed by atoms with Gasteiger partial charge in [-0.15, -0.1) is 0 Å². The first-order chi connectivity index (χ1) is 12.1. The van der Waals surface area contributed by atoms with Crippen molar-refractivity contribution >= 4 is 40.2 Å². The largest absolute Gasteiger partial charge is 0.501 e. The summed E-state index contributed by atoms with van der Waals surface area (Å²) < 4.78 is 0.